The molecule has 4 atom stereocenters. The lowest BCUT2D eigenvalue weighted by atomic mass is 9.83. The van der Waals surface area contributed by atoms with E-state index in [4.69, 9.17) is 4.42 Å². The van der Waals surface area contributed by atoms with Crippen molar-refractivity contribution in [2.24, 2.45) is 5.92 Å². The number of hydrogen-bond acceptors (Lipinski definition) is 3. The molecule has 1 aromatic heterocycles. The number of amides is 4. The normalized spacial score (nSPS) is 33.5. The molecule has 20 heavy (non-hydrogen) atoms. The van der Waals surface area contributed by atoms with Crippen LogP contribution in [0.1, 0.15) is 18.7 Å². The van der Waals surface area contributed by atoms with Gasteiger partial charge < -0.3 is 24.9 Å². The van der Waals surface area contributed by atoms with Crippen LogP contribution in [-0.2, 0) is 0 Å². The molecule has 2 aliphatic heterocycles. The summed E-state index contributed by atoms with van der Waals surface area (Å²) in [4.78, 5) is 27.2. The van der Waals surface area contributed by atoms with Crippen LogP contribution in [0.15, 0.2) is 22.8 Å². The van der Waals surface area contributed by atoms with Gasteiger partial charge in [0.25, 0.3) is 0 Å². The van der Waals surface area contributed by atoms with Crippen LogP contribution < -0.4 is 10.6 Å². The summed E-state index contributed by atoms with van der Waals surface area (Å²) in [5.74, 6) is 0.712. The standard InChI is InChI=1S/C13H18N4O3/c1-7-9-10(8-5-4-6-20-8)15-13(19)17(3)11(9)16(2)12(18)14-7/h4-7,9-11H,1-3H3,(H,14,18)(H,15,19)/t7-,9+,10+,11-/m0/s1. The molecular formula is C13H18N4O3. The Bertz CT molecular complexity index is 526. The van der Waals surface area contributed by atoms with E-state index in [1.54, 1.807) is 36.2 Å². The van der Waals surface area contributed by atoms with E-state index >= 15 is 0 Å². The van der Waals surface area contributed by atoms with Crippen molar-refractivity contribution >= 4 is 12.1 Å². The van der Waals surface area contributed by atoms with Gasteiger partial charge in [0.15, 0.2) is 0 Å². The van der Waals surface area contributed by atoms with E-state index in [-0.39, 0.29) is 36.2 Å². The predicted octanol–water partition coefficient (Wildman–Crippen LogP) is 0.962. The highest BCUT2D eigenvalue weighted by Gasteiger charge is 2.50. The van der Waals surface area contributed by atoms with Gasteiger partial charge in [0, 0.05) is 26.1 Å². The highest BCUT2D eigenvalue weighted by atomic mass is 16.3. The Morgan fingerprint density at radius 1 is 1.15 bits per heavy atom. The van der Waals surface area contributed by atoms with E-state index in [1.807, 2.05) is 13.0 Å². The zero-order valence-electron chi connectivity index (χ0n) is 11.7. The quantitative estimate of drug-likeness (QED) is 0.803. The maximum absolute atomic E-state index is 12.1. The third-order valence-corrected chi connectivity index (χ3v) is 4.22. The Balaban J connectivity index is 2.02. The molecule has 4 amide bonds. The summed E-state index contributed by atoms with van der Waals surface area (Å²) >= 11 is 0. The molecule has 7 heteroatoms. The Labute approximate surface area is 116 Å². The molecule has 0 spiro atoms. The van der Waals surface area contributed by atoms with Crippen molar-refractivity contribution in [3.63, 3.8) is 0 Å². The topological polar surface area (TPSA) is 77.8 Å². The van der Waals surface area contributed by atoms with Crippen LogP contribution in [0.25, 0.3) is 0 Å². The Morgan fingerprint density at radius 3 is 2.40 bits per heavy atom. The van der Waals surface area contributed by atoms with Crippen molar-refractivity contribution in [2.75, 3.05) is 14.1 Å². The van der Waals surface area contributed by atoms with Gasteiger partial charge in [-0.05, 0) is 19.1 Å². The molecule has 2 aliphatic rings. The van der Waals surface area contributed by atoms with Gasteiger partial charge in [-0.25, -0.2) is 9.59 Å². The monoisotopic (exact) mass is 278 g/mol. The molecule has 0 radical (unpaired) electrons. The van der Waals surface area contributed by atoms with Gasteiger partial charge in [-0.3, -0.25) is 0 Å². The number of carbonyl (C=O) groups is 2. The van der Waals surface area contributed by atoms with Gasteiger partial charge in [0.1, 0.15) is 11.9 Å². The second-order valence-electron chi connectivity index (χ2n) is 5.39. The molecule has 0 unspecified atom stereocenters. The van der Waals surface area contributed by atoms with Crippen LogP contribution in [0.3, 0.4) is 0 Å². The minimum atomic E-state index is -0.289. The minimum absolute atomic E-state index is 0.00606. The van der Waals surface area contributed by atoms with Gasteiger partial charge in [0.2, 0.25) is 0 Å². The first-order valence-corrected chi connectivity index (χ1v) is 6.60. The lowest BCUT2D eigenvalue weighted by molar-refractivity contribution is -0.00216. The molecule has 0 saturated carbocycles. The smallest absolute Gasteiger partial charge is 0.319 e. The second-order valence-corrected chi connectivity index (χ2v) is 5.39. The summed E-state index contributed by atoms with van der Waals surface area (Å²) < 4.78 is 5.45. The van der Waals surface area contributed by atoms with Crippen LogP contribution in [0, 0.1) is 5.92 Å². The average Bonchev–Trinajstić information content (AvgIpc) is 2.92. The van der Waals surface area contributed by atoms with Crippen molar-refractivity contribution in [1.29, 1.82) is 0 Å². The number of urea groups is 2. The third kappa shape index (κ3) is 1.73. The number of rotatable bonds is 1. The fraction of sp³-hybridized carbons (Fsp3) is 0.538. The summed E-state index contributed by atoms with van der Waals surface area (Å²) in [6.45, 7) is 1.95. The van der Waals surface area contributed by atoms with E-state index in [2.05, 4.69) is 10.6 Å². The highest BCUT2D eigenvalue weighted by molar-refractivity contribution is 5.80. The molecule has 108 valence electrons. The average molecular weight is 278 g/mol. The first-order valence-electron chi connectivity index (χ1n) is 6.60. The lowest BCUT2D eigenvalue weighted by Crippen LogP contribution is -2.71. The van der Waals surface area contributed by atoms with E-state index in [0.717, 1.165) is 0 Å². The van der Waals surface area contributed by atoms with E-state index < -0.39 is 0 Å². The second kappa shape index (κ2) is 4.43. The van der Waals surface area contributed by atoms with E-state index in [9.17, 15) is 9.59 Å². The van der Waals surface area contributed by atoms with Crippen molar-refractivity contribution in [3.05, 3.63) is 24.2 Å². The molecule has 0 aliphatic carbocycles. The van der Waals surface area contributed by atoms with Crippen molar-refractivity contribution in [1.82, 2.24) is 20.4 Å². The zero-order chi connectivity index (χ0) is 14.4. The highest BCUT2D eigenvalue weighted by Crippen LogP contribution is 2.36. The number of hydrogen-bond donors (Lipinski definition) is 2. The summed E-state index contributed by atoms with van der Waals surface area (Å²) in [7, 11) is 3.40. The van der Waals surface area contributed by atoms with Crippen molar-refractivity contribution < 1.29 is 14.0 Å². The Morgan fingerprint density at radius 2 is 1.80 bits per heavy atom. The predicted molar refractivity (Wildman–Crippen MR) is 70.8 cm³/mol. The summed E-state index contributed by atoms with van der Waals surface area (Å²) in [6, 6.07) is 2.94. The van der Waals surface area contributed by atoms with Gasteiger partial charge >= 0.3 is 12.1 Å². The zero-order valence-corrected chi connectivity index (χ0v) is 11.7. The van der Waals surface area contributed by atoms with Crippen molar-refractivity contribution in [3.8, 4) is 0 Å². The van der Waals surface area contributed by atoms with Gasteiger partial charge in [-0.2, -0.15) is 0 Å². The van der Waals surface area contributed by atoms with Crippen LogP contribution >= 0.6 is 0 Å². The Kier molecular flexibility index (Phi) is 2.84. The van der Waals surface area contributed by atoms with E-state index in [1.165, 1.54) is 0 Å². The lowest BCUT2D eigenvalue weighted by Gasteiger charge is -2.52. The third-order valence-electron chi connectivity index (χ3n) is 4.22. The van der Waals surface area contributed by atoms with Gasteiger partial charge in [0.05, 0.1) is 12.3 Å². The van der Waals surface area contributed by atoms with Crippen LogP contribution in [0.2, 0.25) is 0 Å². The number of furan rings is 1. The molecule has 2 N–H and O–H groups in total. The maximum atomic E-state index is 12.1. The first kappa shape index (κ1) is 12.8. The molecule has 2 fully saturated rings. The molecule has 7 nitrogen and oxygen atoms in total. The largest absolute Gasteiger partial charge is 0.467 e. The fourth-order valence-corrected chi connectivity index (χ4v) is 3.19. The number of carbonyl (C=O) groups excluding carboxylic acids is 2. The van der Waals surface area contributed by atoms with Gasteiger partial charge in [-0.1, -0.05) is 0 Å². The van der Waals surface area contributed by atoms with Crippen LogP contribution in [-0.4, -0.2) is 48.2 Å². The molecule has 1 aromatic rings. The SMILES string of the molecule is C[C@@H]1NC(=O)N(C)[C@@H]2[C@H]1[C@@H](c1ccco1)NC(=O)N2C. The maximum Gasteiger partial charge on any atom is 0.319 e. The minimum Gasteiger partial charge on any atom is -0.467 e. The van der Waals surface area contributed by atoms with Gasteiger partial charge in [-0.15, -0.1) is 0 Å². The van der Waals surface area contributed by atoms with E-state index in [0.29, 0.717) is 5.76 Å². The number of nitrogens with one attached hydrogen (secondary N) is 2. The summed E-state index contributed by atoms with van der Waals surface area (Å²) in [5.41, 5.74) is 0. The van der Waals surface area contributed by atoms with Crippen LogP contribution in [0.5, 0.6) is 0 Å². The van der Waals surface area contributed by atoms with Crippen LogP contribution in [0.4, 0.5) is 9.59 Å². The molecule has 3 heterocycles. The molecule has 0 aromatic carbocycles. The number of nitrogens with zero attached hydrogens (tertiary/aromatic N) is 2. The molecular weight excluding hydrogens is 260 g/mol. The summed E-state index contributed by atoms with van der Waals surface area (Å²) in [5, 5.41) is 5.87. The molecule has 3 rings (SSSR count). The Hall–Kier alpha value is -2.18. The number of fused-ring (bicyclic) bond motifs is 1. The fourth-order valence-electron chi connectivity index (χ4n) is 3.19. The first-order chi connectivity index (χ1) is 9.50. The van der Waals surface area contributed by atoms with Crippen molar-refractivity contribution in [2.45, 2.75) is 25.2 Å². The molecule has 2 saturated heterocycles. The molecule has 0 bridgehead atoms. The summed E-state index contributed by atoms with van der Waals surface area (Å²) in [6.07, 6.45) is 1.30.